The van der Waals surface area contributed by atoms with Crippen molar-refractivity contribution in [3.63, 3.8) is 0 Å². The Labute approximate surface area is 130 Å². The minimum absolute atomic E-state index is 0.0182. The van der Waals surface area contributed by atoms with Crippen LogP contribution in [0.4, 0.5) is 13.8 Å². The Morgan fingerprint density at radius 2 is 2.05 bits per heavy atom. The van der Waals surface area contributed by atoms with Gasteiger partial charge in [0.2, 0.25) is 0 Å². The van der Waals surface area contributed by atoms with Gasteiger partial charge in [0.25, 0.3) is 5.91 Å². The maximum absolute atomic E-state index is 12.4. The quantitative estimate of drug-likeness (QED) is 0.922. The fourth-order valence-electron chi connectivity index (χ4n) is 1.87. The number of para-hydroxylation sites is 1. The molecule has 2 rings (SSSR count). The van der Waals surface area contributed by atoms with Crippen LogP contribution in [-0.4, -0.2) is 12.5 Å². The number of thiophene rings is 1. The smallest absolute Gasteiger partial charge is 0.387 e. The summed E-state index contributed by atoms with van der Waals surface area (Å²) in [4.78, 5) is 13.2. The van der Waals surface area contributed by atoms with Crippen molar-refractivity contribution in [2.45, 2.75) is 20.5 Å². The highest BCUT2D eigenvalue weighted by atomic mass is 32.1. The van der Waals surface area contributed by atoms with E-state index in [1.54, 1.807) is 13.0 Å². The molecule has 1 aromatic heterocycles. The third-order valence-electron chi connectivity index (χ3n) is 3.07. The molecule has 0 radical (unpaired) electrons. The first kappa shape index (κ1) is 15.9. The van der Waals surface area contributed by atoms with Crippen LogP contribution in [0.2, 0.25) is 0 Å². The van der Waals surface area contributed by atoms with Gasteiger partial charge in [0.15, 0.2) is 0 Å². The average Bonchev–Trinajstić information content (AvgIpc) is 2.73. The maximum atomic E-state index is 12.4. The molecule has 7 heteroatoms. The number of hydrogen-bond acceptors (Lipinski definition) is 4. The number of hydrogen-bond donors (Lipinski definition) is 1. The molecule has 0 saturated heterocycles. The van der Waals surface area contributed by atoms with Crippen molar-refractivity contribution < 1.29 is 18.3 Å². The summed E-state index contributed by atoms with van der Waals surface area (Å²) in [6.45, 7) is 0.605. The standard InChI is InChI=1S/C15H12F2N2O2S/c1-8-9(2)22-14(11(8)7-18)19-13(20)10-5-3-4-6-12(10)21-15(16)17/h3-6,15H,1-2H3,(H,19,20). The summed E-state index contributed by atoms with van der Waals surface area (Å²) in [5.41, 5.74) is 1.15. The molecule has 1 heterocycles. The first-order chi connectivity index (χ1) is 10.4. The summed E-state index contributed by atoms with van der Waals surface area (Å²) in [6.07, 6.45) is 0. The number of anilines is 1. The van der Waals surface area contributed by atoms with E-state index in [2.05, 4.69) is 10.1 Å². The van der Waals surface area contributed by atoms with Gasteiger partial charge in [-0.1, -0.05) is 12.1 Å². The van der Waals surface area contributed by atoms with Gasteiger partial charge in [0.1, 0.15) is 16.8 Å². The molecule has 0 aliphatic rings. The number of carbonyl (C=O) groups is 1. The first-order valence-electron chi connectivity index (χ1n) is 6.29. The Kier molecular flexibility index (Phi) is 4.73. The number of nitrogens with zero attached hydrogens (tertiary/aromatic N) is 1. The maximum Gasteiger partial charge on any atom is 0.387 e. The van der Waals surface area contributed by atoms with E-state index in [0.717, 1.165) is 10.4 Å². The molecular weight excluding hydrogens is 310 g/mol. The van der Waals surface area contributed by atoms with Crippen molar-refractivity contribution in [1.29, 1.82) is 5.26 Å². The largest absolute Gasteiger partial charge is 0.434 e. The first-order valence-corrected chi connectivity index (χ1v) is 7.11. The molecule has 22 heavy (non-hydrogen) atoms. The number of carbonyl (C=O) groups excluding carboxylic acids is 1. The summed E-state index contributed by atoms with van der Waals surface area (Å²) in [5, 5.41) is 12.1. The summed E-state index contributed by atoms with van der Waals surface area (Å²) in [7, 11) is 0. The lowest BCUT2D eigenvalue weighted by Crippen LogP contribution is -2.14. The average molecular weight is 322 g/mol. The number of alkyl halides is 2. The van der Waals surface area contributed by atoms with Gasteiger partial charge in [-0.2, -0.15) is 14.0 Å². The number of rotatable bonds is 4. The predicted octanol–water partition coefficient (Wildman–Crippen LogP) is 4.09. The SMILES string of the molecule is Cc1sc(NC(=O)c2ccccc2OC(F)F)c(C#N)c1C. The van der Waals surface area contributed by atoms with Crippen LogP contribution >= 0.6 is 11.3 Å². The summed E-state index contributed by atoms with van der Waals surface area (Å²) in [5.74, 6) is -0.812. The molecular formula is C15H12F2N2O2S. The van der Waals surface area contributed by atoms with E-state index < -0.39 is 12.5 Å². The van der Waals surface area contributed by atoms with Crippen LogP contribution in [0.25, 0.3) is 0 Å². The zero-order valence-corrected chi connectivity index (χ0v) is 12.6. The Morgan fingerprint density at radius 1 is 1.36 bits per heavy atom. The molecule has 0 unspecified atom stereocenters. The second-order valence-corrected chi connectivity index (χ2v) is 5.65. The second-order valence-electron chi connectivity index (χ2n) is 4.43. The van der Waals surface area contributed by atoms with E-state index in [1.807, 2.05) is 13.0 Å². The van der Waals surface area contributed by atoms with Gasteiger partial charge in [-0.05, 0) is 31.5 Å². The number of benzene rings is 1. The lowest BCUT2D eigenvalue weighted by molar-refractivity contribution is -0.0501. The van der Waals surface area contributed by atoms with Crippen LogP contribution < -0.4 is 10.1 Å². The van der Waals surface area contributed by atoms with Crippen molar-refractivity contribution in [2.24, 2.45) is 0 Å². The Bertz CT molecular complexity index is 750. The highest BCUT2D eigenvalue weighted by molar-refractivity contribution is 7.16. The molecule has 0 bridgehead atoms. The third kappa shape index (κ3) is 3.23. The number of amides is 1. The van der Waals surface area contributed by atoms with Crippen LogP contribution in [0.3, 0.4) is 0 Å². The van der Waals surface area contributed by atoms with Crippen LogP contribution in [0, 0.1) is 25.2 Å². The molecule has 1 amide bonds. The highest BCUT2D eigenvalue weighted by Gasteiger charge is 2.19. The molecule has 0 spiro atoms. The van der Waals surface area contributed by atoms with Crippen LogP contribution in [0.5, 0.6) is 5.75 Å². The van der Waals surface area contributed by atoms with Gasteiger partial charge in [-0.25, -0.2) is 0 Å². The fraction of sp³-hybridized carbons (Fsp3) is 0.200. The topological polar surface area (TPSA) is 62.1 Å². The zero-order chi connectivity index (χ0) is 16.3. The van der Waals surface area contributed by atoms with Gasteiger partial charge in [-0.3, -0.25) is 4.79 Å². The van der Waals surface area contributed by atoms with Crippen molar-refractivity contribution in [1.82, 2.24) is 0 Å². The number of aryl methyl sites for hydroxylation is 1. The Morgan fingerprint density at radius 3 is 2.68 bits per heavy atom. The number of nitrogens with one attached hydrogen (secondary N) is 1. The lowest BCUT2D eigenvalue weighted by atomic mass is 10.1. The van der Waals surface area contributed by atoms with Crippen molar-refractivity contribution in [3.05, 3.63) is 45.8 Å². The van der Waals surface area contributed by atoms with Gasteiger partial charge >= 0.3 is 6.61 Å². The molecule has 0 saturated carbocycles. The van der Waals surface area contributed by atoms with E-state index in [-0.39, 0.29) is 11.3 Å². The normalized spacial score (nSPS) is 10.4. The van der Waals surface area contributed by atoms with Crippen molar-refractivity contribution in [2.75, 3.05) is 5.32 Å². The minimum Gasteiger partial charge on any atom is -0.434 e. The van der Waals surface area contributed by atoms with Crippen LogP contribution in [0.15, 0.2) is 24.3 Å². The lowest BCUT2D eigenvalue weighted by Gasteiger charge is -2.10. The molecule has 0 fully saturated rings. The molecule has 114 valence electrons. The Hall–Kier alpha value is -2.46. The molecule has 0 aliphatic carbocycles. The van der Waals surface area contributed by atoms with E-state index in [1.165, 1.54) is 29.5 Å². The van der Waals surface area contributed by atoms with Crippen LogP contribution in [0.1, 0.15) is 26.4 Å². The van der Waals surface area contributed by atoms with Crippen LogP contribution in [-0.2, 0) is 0 Å². The summed E-state index contributed by atoms with van der Waals surface area (Å²) >= 11 is 1.26. The van der Waals surface area contributed by atoms with Crippen molar-refractivity contribution in [3.8, 4) is 11.8 Å². The minimum atomic E-state index is -3.02. The summed E-state index contributed by atoms with van der Waals surface area (Å²) in [6, 6.07) is 7.74. The van der Waals surface area contributed by atoms with E-state index in [0.29, 0.717) is 10.6 Å². The Balaban J connectivity index is 2.31. The zero-order valence-electron chi connectivity index (χ0n) is 11.8. The molecule has 2 aromatic rings. The molecule has 4 nitrogen and oxygen atoms in total. The second kappa shape index (κ2) is 6.54. The number of halogens is 2. The van der Waals surface area contributed by atoms with E-state index in [4.69, 9.17) is 5.26 Å². The van der Waals surface area contributed by atoms with Gasteiger partial charge in [0.05, 0.1) is 11.1 Å². The van der Waals surface area contributed by atoms with Gasteiger partial charge in [-0.15, -0.1) is 11.3 Å². The van der Waals surface area contributed by atoms with Crippen molar-refractivity contribution >= 4 is 22.2 Å². The number of nitriles is 1. The van der Waals surface area contributed by atoms with E-state index in [9.17, 15) is 13.6 Å². The molecule has 0 atom stereocenters. The summed E-state index contributed by atoms with van der Waals surface area (Å²) < 4.78 is 29.1. The number of ether oxygens (including phenoxy) is 1. The highest BCUT2D eigenvalue weighted by Crippen LogP contribution is 2.32. The monoisotopic (exact) mass is 322 g/mol. The molecule has 1 N–H and O–H groups in total. The van der Waals surface area contributed by atoms with Gasteiger partial charge < -0.3 is 10.1 Å². The van der Waals surface area contributed by atoms with Gasteiger partial charge in [0, 0.05) is 4.88 Å². The third-order valence-corrected chi connectivity index (χ3v) is 4.19. The van der Waals surface area contributed by atoms with E-state index >= 15 is 0 Å². The molecule has 1 aromatic carbocycles. The predicted molar refractivity (Wildman–Crippen MR) is 79.5 cm³/mol. The molecule has 0 aliphatic heterocycles. The fourth-order valence-corrected chi connectivity index (χ4v) is 2.88.